The lowest BCUT2D eigenvalue weighted by molar-refractivity contribution is -0.305. The van der Waals surface area contributed by atoms with E-state index >= 15 is 0 Å². The molecular formula is C17H17N2O6S-. The Balaban J connectivity index is 2.03. The fourth-order valence-corrected chi connectivity index (χ4v) is 3.09. The van der Waals surface area contributed by atoms with Crippen molar-refractivity contribution in [3.63, 3.8) is 0 Å². The number of amides is 1. The second kappa shape index (κ2) is 8.34. The van der Waals surface area contributed by atoms with Crippen LogP contribution in [0.3, 0.4) is 0 Å². The summed E-state index contributed by atoms with van der Waals surface area (Å²) in [6.45, 7) is 0. The first-order chi connectivity index (χ1) is 12.3. The van der Waals surface area contributed by atoms with Gasteiger partial charge < -0.3 is 20.0 Å². The molecule has 26 heavy (non-hydrogen) atoms. The van der Waals surface area contributed by atoms with E-state index in [9.17, 15) is 23.1 Å². The number of anilines is 2. The van der Waals surface area contributed by atoms with Crippen LogP contribution in [0.25, 0.3) is 0 Å². The number of carboxylic acids is 1. The van der Waals surface area contributed by atoms with E-state index in [4.69, 9.17) is 4.74 Å². The molecular weight excluding hydrogens is 360 g/mol. The van der Waals surface area contributed by atoms with Gasteiger partial charge in [-0.25, -0.2) is 8.42 Å². The summed E-state index contributed by atoms with van der Waals surface area (Å²) in [7, 11) is -2.28. The Labute approximate surface area is 150 Å². The van der Waals surface area contributed by atoms with E-state index in [-0.39, 0.29) is 17.7 Å². The van der Waals surface area contributed by atoms with Crippen molar-refractivity contribution < 1.29 is 27.9 Å². The number of rotatable bonds is 8. The molecule has 0 radical (unpaired) electrons. The normalized spacial score (nSPS) is 10.8. The summed E-state index contributed by atoms with van der Waals surface area (Å²) in [5.74, 6) is -1.21. The van der Waals surface area contributed by atoms with Crippen LogP contribution >= 0.6 is 0 Å². The van der Waals surface area contributed by atoms with Gasteiger partial charge in [-0.05, 0) is 55.0 Å². The number of benzene rings is 2. The fraction of sp³-hybridized carbons (Fsp3) is 0.176. The molecule has 0 aliphatic heterocycles. The predicted octanol–water partition coefficient (Wildman–Crippen LogP) is 0.965. The molecule has 0 aliphatic carbocycles. The number of nitrogens with one attached hydrogen (secondary N) is 2. The molecule has 2 aromatic rings. The Kier molecular flexibility index (Phi) is 6.18. The van der Waals surface area contributed by atoms with Crippen molar-refractivity contribution in [2.75, 3.05) is 17.1 Å². The van der Waals surface area contributed by atoms with Crippen LogP contribution in [0.15, 0.2) is 53.4 Å². The van der Waals surface area contributed by atoms with Crippen molar-refractivity contribution in [3.05, 3.63) is 48.5 Å². The largest absolute Gasteiger partial charge is 0.550 e. The van der Waals surface area contributed by atoms with Gasteiger partial charge in [0.1, 0.15) is 5.75 Å². The molecule has 2 rings (SSSR count). The zero-order chi connectivity index (χ0) is 19.2. The van der Waals surface area contributed by atoms with Crippen LogP contribution < -0.4 is 19.9 Å². The molecule has 0 saturated heterocycles. The number of carboxylic acid groups (broad SMARTS) is 1. The quantitative estimate of drug-likeness (QED) is 0.706. The zero-order valence-electron chi connectivity index (χ0n) is 13.9. The smallest absolute Gasteiger partial charge is 0.261 e. The van der Waals surface area contributed by atoms with Gasteiger partial charge in [0.25, 0.3) is 10.0 Å². The van der Waals surface area contributed by atoms with Crippen molar-refractivity contribution >= 4 is 33.3 Å². The van der Waals surface area contributed by atoms with E-state index in [0.717, 1.165) is 0 Å². The lowest BCUT2D eigenvalue weighted by Gasteiger charge is -2.10. The Hall–Kier alpha value is -3.07. The first-order valence-corrected chi connectivity index (χ1v) is 9.05. The number of aliphatic carboxylic acids is 1. The number of sulfonamides is 1. The van der Waals surface area contributed by atoms with Crippen LogP contribution in [-0.4, -0.2) is 27.4 Å². The molecule has 0 aromatic heterocycles. The van der Waals surface area contributed by atoms with Crippen molar-refractivity contribution in [1.82, 2.24) is 0 Å². The maximum Gasteiger partial charge on any atom is 0.261 e. The van der Waals surface area contributed by atoms with Gasteiger partial charge in [-0.3, -0.25) is 9.52 Å². The minimum absolute atomic E-state index is 0.0149. The van der Waals surface area contributed by atoms with E-state index in [2.05, 4.69) is 10.0 Å². The minimum atomic E-state index is -3.79. The average molecular weight is 377 g/mol. The van der Waals surface area contributed by atoms with E-state index < -0.39 is 21.9 Å². The second-order valence-corrected chi connectivity index (χ2v) is 6.96. The molecule has 0 bridgehead atoms. The maximum absolute atomic E-state index is 12.4. The third-order valence-electron chi connectivity index (χ3n) is 3.35. The van der Waals surface area contributed by atoms with Crippen molar-refractivity contribution in [2.45, 2.75) is 17.7 Å². The summed E-state index contributed by atoms with van der Waals surface area (Å²) < 4.78 is 32.2. The van der Waals surface area contributed by atoms with Crippen LogP contribution in [-0.2, 0) is 19.6 Å². The highest BCUT2D eigenvalue weighted by Gasteiger charge is 2.14. The topological polar surface area (TPSA) is 125 Å². The highest BCUT2D eigenvalue weighted by molar-refractivity contribution is 7.92. The number of ether oxygens (including phenoxy) is 1. The predicted molar refractivity (Wildman–Crippen MR) is 93.1 cm³/mol. The Bertz CT molecular complexity index is 876. The SMILES string of the molecule is COc1ccc(NS(=O)(=O)c2ccc(NC(=O)CCC(=O)[O-])cc2)cc1. The van der Waals surface area contributed by atoms with Crippen LogP contribution in [0, 0.1) is 0 Å². The Morgan fingerprint density at radius 1 is 0.962 bits per heavy atom. The minimum Gasteiger partial charge on any atom is -0.550 e. The van der Waals surface area contributed by atoms with Gasteiger partial charge in [-0.15, -0.1) is 0 Å². The lowest BCUT2D eigenvalue weighted by atomic mass is 10.2. The average Bonchev–Trinajstić information content (AvgIpc) is 2.61. The number of hydrogen-bond acceptors (Lipinski definition) is 6. The number of carbonyl (C=O) groups is 2. The summed E-state index contributed by atoms with van der Waals surface area (Å²) >= 11 is 0. The van der Waals surface area contributed by atoms with Crippen LogP contribution in [0.2, 0.25) is 0 Å². The van der Waals surface area contributed by atoms with Crippen molar-refractivity contribution in [3.8, 4) is 5.75 Å². The maximum atomic E-state index is 12.4. The Morgan fingerprint density at radius 2 is 1.54 bits per heavy atom. The molecule has 1 amide bonds. The van der Waals surface area contributed by atoms with Crippen molar-refractivity contribution in [1.29, 1.82) is 0 Å². The van der Waals surface area contributed by atoms with Crippen molar-refractivity contribution in [2.24, 2.45) is 0 Å². The van der Waals surface area contributed by atoms with Crippen LogP contribution in [0.4, 0.5) is 11.4 Å². The molecule has 0 heterocycles. The van der Waals surface area contributed by atoms with E-state index in [1.165, 1.54) is 31.4 Å². The molecule has 0 unspecified atom stereocenters. The summed E-state index contributed by atoms with van der Waals surface area (Å²) in [4.78, 5) is 21.9. The number of methoxy groups -OCH3 is 1. The van der Waals surface area contributed by atoms with E-state index in [1.807, 2.05) is 0 Å². The molecule has 138 valence electrons. The molecule has 0 aliphatic rings. The Morgan fingerprint density at radius 3 is 2.08 bits per heavy atom. The molecule has 2 N–H and O–H groups in total. The highest BCUT2D eigenvalue weighted by atomic mass is 32.2. The fourth-order valence-electron chi connectivity index (χ4n) is 2.03. The van der Waals surface area contributed by atoms with E-state index in [1.54, 1.807) is 24.3 Å². The summed E-state index contributed by atoms with van der Waals surface area (Å²) in [5.41, 5.74) is 0.738. The number of hydrogen-bond donors (Lipinski definition) is 2. The van der Waals surface area contributed by atoms with E-state index in [0.29, 0.717) is 17.1 Å². The molecule has 0 fully saturated rings. The summed E-state index contributed by atoms with van der Waals surface area (Å²) in [6.07, 6.45) is -0.606. The zero-order valence-corrected chi connectivity index (χ0v) is 14.7. The molecule has 2 aromatic carbocycles. The first kappa shape index (κ1) is 19.3. The van der Waals surface area contributed by atoms with Gasteiger partial charge in [-0.1, -0.05) is 0 Å². The van der Waals surface area contributed by atoms with Gasteiger partial charge in [-0.2, -0.15) is 0 Å². The first-order valence-electron chi connectivity index (χ1n) is 7.57. The van der Waals surface area contributed by atoms with Gasteiger partial charge in [0, 0.05) is 23.8 Å². The monoisotopic (exact) mass is 377 g/mol. The second-order valence-electron chi connectivity index (χ2n) is 5.28. The van der Waals surface area contributed by atoms with Crippen LogP contribution in [0.5, 0.6) is 5.75 Å². The molecule has 9 heteroatoms. The number of carbonyl (C=O) groups excluding carboxylic acids is 2. The highest BCUT2D eigenvalue weighted by Crippen LogP contribution is 2.20. The molecule has 0 atom stereocenters. The third-order valence-corrected chi connectivity index (χ3v) is 4.74. The molecule has 0 spiro atoms. The van der Waals surface area contributed by atoms with Gasteiger partial charge >= 0.3 is 0 Å². The molecule has 0 saturated carbocycles. The van der Waals surface area contributed by atoms with Gasteiger partial charge in [0.05, 0.1) is 12.0 Å². The molecule has 8 nitrogen and oxygen atoms in total. The van der Waals surface area contributed by atoms with Crippen LogP contribution in [0.1, 0.15) is 12.8 Å². The van der Waals surface area contributed by atoms with Gasteiger partial charge in [0.2, 0.25) is 5.91 Å². The lowest BCUT2D eigenvalue weighted by Crippen LogP contribution is -2.24. The summed E-state index contributed by atoms with van der Waals surface area (Å²) in [6, 6.07) is 11.9. The third kappa shape index (κ3) is 5.49. The summed E-state index contributed by atoms with van der Waals surface area (Å²) in [5, 5.41) is 12.8. The standard InChI is InChI=1S/C17H18N2O6S/c1-25-14-6-2-13(3-7-14)19-26(23,24)15-8-4-12(5-9-15)18-16(20)10-11-17(21)22/h2-9,19H,10-11H2,1H3,(H,18,20)(H,21,22)/p-1. The van der Waals surface area contributed by atoms with Gasteiger partial charge in [0.15, 0.2) is 0 Å².